The number of urea groups is 1. The molecular formula is C20H19F3N3O5-. The van der Waals surface area contributed by atoms with E-state index in [1.807, 2.05) is 0 Å². The van der Waals surface area contributed by atoms with Gasteiger partial charge in [-0.3, -0.25) is 10.1 Å². The average Bonchev–Trinajstić information content (AvgIpc) is 2.67. The number of benzene rings is 2. The number of halogens is 3. The molecule has 0 heterocycles. The number of carboxylic acid groups (broad SMARTS) is 1. The van der Waals surface area contributed by atoms with Crippen molar-refractivity contribution >= 4 is 23.4 Å². The molecule has 0 saturated heterocycles. The summed E-state index contributed by atoms with van der Waals surface area (Å²) in [6.45, 7) is 2.82. The maximum Gasteiger partial charge on any atom is 0.416 e. The molecule has 1 unspecified atom stereocenters. The van der Waals surface area contributed by atoms with Crippen LogP contribution in [0.25, 0.3) is 0 Å². The van der Waals surface area contributed by atoms with E-state index in [0.29, 0.717) is 11.1 Å². The fourth-order valence-corrected chi connectivity index (χ4v) is 2.99. The van der Waals surface area contributed by atoms with Gasteiger partial charge >= 0.3 is 12.2 Å². The Morgan fingerprint density at radius 2 is 1.77 bits per heavy atom. The van der Waals surface area contributed by atoms with Crippen LogP contribution in [0.1, 0.15) is 30.0 Å². The van der Waals surface area contributed by atoms with Crippen LogP contribution in [0.2, 0.25) is 0 Å². The normalized spacial score (nSPS) is 12.2. The van der Waals surface area contributed by atoms with E-state index in [-0.39, 0.29) is 24.3 Å². The van der Waals surface area contributed by atoms with Crippen molar-refractivity contribution in [3.8, 4) is 0 Å². The highest BCUT2D eigenvalue weighted by Crippen LogP contribution is 2.30. The summed E-state index contributed by atoms with van der Waals surface area (Å²) in [7, 11) is 0. The topological polar surface area (TPSA) is 116 Å². The van der Waals surface area contributed by atoms with Crippen molar-refractivity contribution in [2.45, 2.75) is 39.0 Å². The zero-order valence-corrected chi connectivity index (χ0v) is 16.6. The SMILES string of the molecule is CCC(C(=O)[O-])N(Cc1ccc([N+](=O)[O-])c(C)c1)C(=O)Nc1ccc(C(F)(F)F)cc1. The number of anilines is 1. The smallest absolute Gasteiger partial charge is 0.416 e. The van der Waals surface area contributed by atoms with E-state index in [1.165, 1.54) is 32.0 Å². The molecule has 1 atom stereocenters. The number of nitro groups is 1. The zero-order chi connectivity index (χ0) is 23.3. The van der Waals surface area contributed by atoms with Crippen LogP contribution in [0.5, 0.6) is 0 Å². The molecule has 0 aliphatic heterocycles. The van der Waals surface area contributed by atoms with Gasteiger partial charge in [0.15, 0.2) is 0 Å². The van der Waals surface area contributed by atoms with Crippen LogP contribution in [0, 0.1) is 17.0 Å². The van der Waals surface area contributed by atoms with Gasteiger partial charge in [-0.15, -0.1) is 0 Å². The lowest BCUT2D eigenvalue weighted by Gasteiger charge is -2.32. The van der Waals surface area contributed by atoms with E-state index in [4.69, 9.17) is 0 Å². The molecule has 0 fully saturated rings. The van der Waals surface area contributed by atoms with Gasteiger partial charge in [0, 0.05) is 23.9 Å². The van der Waals surface area contributed by atoms with Gasteiger partial charge in [0.1, 0.15) is 0 Å². The van der Waals surface area contributed by atoms with Gasteiger partial charge < -0.3 is 20.1 Å². The van der Waals surface area contributed by atoms with Crippen LogP contribution in [-0.2, 0) is 17.5 Å². The molecule has 0 aliphatic rings. The van der Waals surface area contributed by atoms with E-state index in [2.05, 4.69) is 5.32 Å². The molecular weight excluding hydrogens is 419 g/mol. The third-order valence-corrected chi connectivity index (χ3v) is 4.57. The summed E-state index contributed by atoms with van der Waals surface area (Å²) in [5, 5.41) is 24.9. The first kappa shape index (κ1) is 23.6. The maximum absolute atomic E-state index is 12.8. The van der Waals surface area contributed by atoms with Crippen LogP contribution in [0.4, 0.5) is 29.3 Å². The number of alkyl halides is 3. The number of nitrogens with one attached hydrogen (secondary N) is 1. The molecule has 31 heavy (non-hydrogen) atoms. The van der Waals surface area contributed by atoms with Crippen molar-refractivity contribution in [3.63, 3.8) is 0 Å². The molecule has 0 aliphatic carbocycles. The number of rotatable bonds is 7. The number of nitrogens with zero attached hydrogens (tertiary/aromatic N) is 2. The summed E-state index contributed by atoms with van der Waals surface area (Å²) in [5.74, 6) is -1.51. The minimum Gasteiger partial charge on any atom is -0.548 e. The zero-order valence-electron chi connectivity index (χ0n) is 16.6. The van der Waals surface area contributed by atoms with Gasteiger partial charge in [0.2, 0.25) is 0 Å². The number of nitro benzene ring substituents is 1. The molecule has 2 rings (SSSR count). The van der Waals surface area contributed by atoms with E-state index >= 15 is 0 Å². The second kappa shape index (κ2) is 9.45. The molecule has 0 bridgehead atoms. The number of carbonyl (C=O) groups excluding carboxylic acids is 2. The molecule has 2 amide bonds. The Bertz CT molecular complexity index is 977. The first-order valence-corrected chi connectivity index (χ1v) is 9.13. The lowest BCUT2D eigenvalue weighted by Crippen LogP contribution is -2.51. The summed E-state index contributed by atoms with van der Waals surface area (Å²) in [6.07, 6.45) is -4.53. The summed E-state index contributed by atoms with van der Waals surface area (Å²) in [4.78, 5) is 35.7. The van der Waals surface area contributed by atoms with Crippen LogP contribution in [0.15, 0.2) is 42.5 Å². The number of amides is 2. The molecule has 0 saturated carbocycles. The third kappa shape index (κ3) is 5.93. The van der Waals surface area contributed by atoms with Crippen LogP contribution in [-0.4, -0.2) is 27.9 Å². The number of carboxylic acids is 1. The molecule has 11 heteroatoms. The maximum atomic E-state index is 12.8. The van der Waals surface area contributed by atoms with Crippen molar-refractivity contribution in [1.82, 2.24) is 4.90 Å². The highest BCUT2D eigenvalue weighted by atomic mass is 19.4. The average molecular weight is 438 g/mol. The predicted molar refractivity (Wildman–Crippen MR) is 103 cm³/mol. The number of hydrogen-bond donors (Lipinski definition) is 1. The lowest BCUT2D eigenvalue weighted by molar-refractivity contribution is -0.385. The standard InChI is InChI=1S/C20H20F3N3O5/c1-3-16(18(27)28)25(11-13-4-9-17(26(30)31)12(2)10-13)19(29)24-15-7-5-14(6-8-15)20(21,22)23/h4-10,16H,3,11H2,1-2H3,(H,24,29)(H,27,28)/p-1. The second-order valence-corrected chi connectivity index (χ2v) is 6.75. The van der Waals surface area contributed by atoms with Crippen molar-refractivity contribution in [1.29, 1.82) is 0 Å². The summed E-state index contributed by atoms with van der Waals surface area (Å²) in [5.41, 5.74) is -0.227. The number of aliphatic carboxylic acids is 1. The van der Waals surface area contributed by atoms with Gasteiger partial charge in [-0.2, -0.15) is 13.2 Å². The second-order valence-electron chi connectivity index (χ2n) is 6.75. The molecule has 8 nitrogen and oxygen atoms in total. The summed E-state index contributed by atoms with van der Waals surface area (Å²) in [6, 6.07) is 5.58. The van der Waals surface area contributed by atoms with E-state index in [9.17, 15) is 38.0 Å². The third-order valence-electron chi connectivity index (χ3n) is 4.57. The Hall–Kier alpha value is -3.63. The van der Waals surface area contributed by atoms with Crippen molar-refractivity contribution < 1.29 is 32.8 Å². The minimum absolute atomic E-state index is 0.00866. The van der Waals surface area contributed by atoms with E-state index in [1.54, 1.807) is 0 Å². The first-order valence-electron chi connectivity index (χ1n) is 9.13. The highest BCUT2D eigenvalue weighted by molar-refractivity contribution is 5.92. The van der Waals surface area contributed by atoms with Crippen molar-refractivity contribution in [3.05, 3.63) is 69.3 Å². The quantitative estimate of drug-likeness (QED) is 0.525. The fraction of sp³-hybridized carbons (Fsp3) is 0.300. The lowest BCUT2D eigenvalue weighted by atomic mass is 10.1. The predicted octanol–water partition coefficient (Wildman–Crippen LogP) is 3.48. The molecule has 1 N–H and O–H groups in total. The van der Waals surface area contributed by atoms with Crippen LogP contribution < -0.4 is 10.4 Å². The van der Waals surface area contributed by atoms with Crippen molar-refractivity contribution in [2.75, 3.05) is 5.32 Å². The molecule has 0 aromatic heterocycles. The van der Waals surface area contributed by atoms with E-state index < -0.39 is 34.7 Å². The van der Waals surface area contributed by atoms with Crippen LogP contribution in [0.3, 0.4) is 0 Å². The number of hydrogen-bond acceptors (Lipinski definition) is 5. The molecule has 0 spiro atoms. The highest BCUT2D eigenvalue weighted by Gasteiger charge is 2.30. The molecule has 0 radical (unpaired) electrons. The fourth-order valence-electron chi connectivity index (χ4n) is 2.99. The Kier molecular flexibility index (Phi) is 7.21. The van der Waals surface area contributed by atoms with Crippen molar-refractivity contribution in [2.24, 2.45) is 0 Å². The summed E-state index contributed by atoms with van der Waals surface area (Å²) >= 11 is 0. The van der Waals surface area contributed by atoms with E-state index in [0.717, 1.165) is 29.2 Å². The Morgan fingerprint density at radius 3 is 2.23 bits per heavy atom. The largest absolute Gasteiger partial charge is 0.548 e. The Labute approximate surface area is 175 Å². The minimum atomic E-state index is -4.54. The van der Waals surface area contributed by atoms with Gasteiger partial charge in [-0.05, 0) is 49.2 Å². The summed E-state index contributed by atoms with van der Waals surface area (Å²) < 4.78 is 38.1. The Morgan fingerprint density at radius 1 is 1.16 bits per heavy atom. The first-order chi connectivity index (χ1) is 14.4. The van der Waals surface area contributed by atoms with Gasteiger partial charge in [-0.25, -0.2) is 4.79 Å². The van der Waals surface area contributed by atoms with Gasteiger partial charge in [-0.1, -0.05) is 13.0 Å². The molecule has 2 aromatic rings. The van der Waals surface area contributed by atoms with Gasteiger partial charge in [0.05, 0.1) is 22.5 Å². The Balaban J connectivity index is 2.29. The van der Waals surface area contributed by atoms with Gasteiger partial charge in [0.25, 0.3) is 5.69 Å². The molecule has 166 valence electrons. The molecule has 2 aromatic carbocycles. The monoisotopic (exact) mass is 438 g/mol. The van der Waals surface area contributed by atoms with Crippen LogP contribution >= 0.6 is 0 Å². The number of carbonyl (C=O) groups is 2. The number of aryl methyl sites for hydroxylation is 1.